The molecule has 2 aromatic carbocycles. The zero-order valence-electron chi connectivity index (χ0n) is 25.2. The van der Waals surface area contributed by atoms with Crippen LogP contribution in [-0.4, -0.2) is 46.8 Å². The summed E-state index contributed by atoms with van der Waals surface area (Å²) < 4.78 is 18.6. The van der Waals surface area contributed by atoms with Crippen LogP contribution in [0.1, 0.15) is 80.0 Å². The predicted octanol–water partition coefficient (Wildman–Crippen LogP) is 3.59. The fourth-order valence-electron chi connectivity index (χ4n) is 8.31. The molecule has 11 nitrogen and oxygen atoms in total. The third-order valence-corrected chi connectivity index (χ3v) is 11.2. The number of allylic oxidation sites excluding steroid dienone is 1. The maximum absolute atomic E-state index is 13.2. The van der Waals surface area contributed by atoms with E-state index in [4.69, 9.17) is 19.4 Å². The van der Waals surface area contributed by atoms with Crippen LogP contribution in [0.4, 0.5) is 11.4 Å². The number of fused-ring (bicyclic) bond motifs is 5. The fourth-order valence-corrected chi connectivity index (χ4v) is 8.31. The molecular formula is C33H40N2O9. The van der Waals surface area contributed by atoms with Crippen LogP contribution in [0.5, 0.6) is 0 Å². The van der Waals surface area contributed by atoms with Crippen LogP contribution < -0.4 is 10.5 Å². The first kappa shape index (κ1) is 30.8. The molecule has 0 spiro atoms. The molecule has 1 heterocycles. The third-order valence-electron chi connectivity index (χ3n) is 11.2. The number of carbonyl (C=O) groups is 2. The molecule has 3 fully saturated rings. The van der Waals surface area contributed by atoms with Crippen molar-refractivity contribution in [3.8, 4) is 0 Å². The van der Waals surface area contributed by atoms with E-state index >= 15 is 0 Å². The lowest BCUT2D eigenvalue weighted by molar-refractivity contribution is -0.991. The summed E-state index contributed by atoms with van der Waals surface area (Å²) in [6.07, 6.45) is 6.96. The normalized spacial score (nSPS) is 35.8. The van der Waals surface area contributed by atoms with E-state index in [9.17, 15) is 25.2 Å². The Balaban J connectivity index is 1.13. The monoisotopic (exact) mass is 608 g/mol. The molecule has 3 aliphatic carbocycles. The van der Waals surface area contributed by atoms with Gasteiger partial charge in [-0.1, -0.05) is 25.5 Å². The fraction of sp³-hybridized carbons (Fsp3) is 0.515. The molecule has 0 radical (unpaired) electrons. The summed E-state index contributed by atoms with van der Waals surface area (Å²) in [4.78, 5) is 26.0. The summed E-state index contributed by atoms with van der Waals surface area (Å²) in [6.45, 7) is 6.76. The van der Waals surface area contributed by atoms with E-state index in [1.165, 1.54) is 54.1 Å². The first-order valence-electron chi connectivity index (χ1n) is 15.3. The maximum atomic E-state index is 13.2. The van der Waals surface area contributed by atoms with Gasteiger partial charge in [0.05, 0.1) is 23.8 Å². The summed E-state index contributed by atoms with van der Waals surface area (Å²) in [6, 6.07) is 11.6. The first-order chi connectivity index (χ1) is 20.8. The Hall–Kier alpha value is -3.16. The SMILES string of the molecule is C[C@]12CC[C@H](OC(=O)c3ccc([NH+]([O-])O)cc3)CC1=CC[C@H]1[C@@H]2CC[C@]2(C)[C@H]1OC[C@@]2(C)OC(=O)c1ccc([NH+]([O-])O)cc1. The molecular weight excluding hydrogens is 568 g/mol. The third kappa shape index (κ3) is 5.16. The lowest BCUT2D eigenvalue weighted by atomic mass is 9.48. The molecule has 0 aromatic heterocycles. The van der Waals surface area contributed by atoms with E-state index in [1.807, 2.05) is 6.92 Å². The second-order valence-corrected chi connectivity index (χ2v) is 13.5. The lowest BCUT2D eigenvalue weighted by Gasteiger charge is -2.57. The molecule has 2 aromatic rings. The van der Waals surface area contributed by atoms with Crippen LogP contribution in [0.25, 0.3) is 0 Å². The van der Waals surface area contributed by atoms with E-state index in [0.29, 0.717) is 30.1 Å². The summed E-state index contributed by atoms with van der Waals surface area (Å²) in [5, 5.41) is 38.5. The zero-order valence-corrected chi connectivity index (χ0v) is 25.2. The first-order valence-corrected chi connectivity index (χ1v) is 15.3. The molecule has 0 amide bonds. The van der Waals surface area contributed by atoms with Crippen LogP contribution in [0, 0.1) is 33.1 Å². The van der Waals surface area contributed by atoms with Gasteiger partial charge in [0.25, 0.3) is 0 Å². The minimum atomic E-state index is -1.05. The largest absolute Gasteiger partial charge is 0.595 e. The van der Waals surface area contributed by atoms with Crippen molar-refractivity contribution in [1.82, 2.24) is 0 Å². The summed E-state index contributed by atoms with van der Waals surface area (Å²) >= 11 is 0. The van der Waals surface area contributed by atoms with Crippen molar-refractivity contribution in [2.24, 2.45) is 22.7 Å². The molecule has 9 atom stereocenters. The molecule has 4 aliphatic rings. The molecule has 2 unspecified atom stereocenters. The average Bonchev–Trinajstić information content (AvgIpc) is 3.27. The Morgan fingerprint density at radius 3 is 2.07 bits per heavy atom. The van der Waals surface area contributed by atoms with Crippen molar-refractivity contribution in [3.05, 3.63) is 81.7 Å². The lowest BCUT2D eigenvalue weighted by Crippen LogP contribution is -2.99. The van der Waals surface area contributed by atoms with E-state index in [2.05, 4.69) is 19.9 Å². The standard InChI is InChI=1S/C33H40N2O9/c1-31-16-14-25(43-29(36)20-4-9-23(10-5-20)34(38)39)18-22(31)8-13-26-27(31)15-17-32(2)28(26)42-19-33(32,3)44-30(37)21-6-11-24(12-7-21)35(40)41/h4-12,25-28,34-35,38,40H,13-19H2,1-3H3/t25-,26-,27-,28-,31-,32+,33+/m0/s1. The number of ether oxygens (including phenoxy) is 3. The van der Waals surface area contributed by atoms with E-state index in [-0.39, 0.29) is 40.3 Å². The molecule has 4 N–H and O–H groups in total. The van der Waals surface area contributed by atoms with E-state index in [1.54, 1.807) is 0 Å². The van der Waals surface area contributed by atoms with Gasteiger partial charge < -0.3 is 24.6 Å². The molecule has 2 saturated carbocycles. The van der Waals surface area contributed by atoms with Gasteiger partial charge in [0.2, 0.25) is 0 Å². The number of benzene rings is 2. The number of nitrogens with one attached hydrogen (secondary N) is 2. The van der Waals surface area contributed by atoms with Gasteiger partial charge in [0, 0.05) is 36.1 Å². The van der Waals surface area contributed by atoms with Gasteiger partial charge in [-0.3, -0.25) is 0 Å². The van der Waals surface area contributed by atoms with Crippen molar-refractivity contribution in [2.45, 2.75) is 77.1 Å². The summed E-state index contributed by atoms with van der Waals surface area (Å²) in [5.74, 6) is -0.267. The van der Waals surface area contributed by atoms with Gasteiger partial charge >= 0.3 is 11.9 Å². The van der Waals surface area contributed by atoms with E-state index < -0.39 is 28.0 Å². The highest BCUT2D eigenvalue weighted by Crippen LogP contribution is 2.64. The van der Waals surface area contributed by atoms with Gasteiger partial charge in [-0.15, -0.1) is 0 Å². The zero-order chi connectivity index (χ0) is 31.4. The average molecular weight is 609 g/mol. The number of quaternary nitrogens is 2. The highest BCUT2D eigenvalue weighted by Gasteiger charge is 2.65. The quantitative estimate of drug-likeness (QED) is 0.219. The van der Waals surface area contributed by atoms with Gasteiger partial charge in [0.1, 0.15) is 11.7 Å². The molecule has 236 valence electrons. The molecule has 44 heavy (non-hydrogen) atoms. The number of hydrogen-bond acceptors (Lipinski definition) is 9. The van der Waals surface area contributed by atoms with Crippen LogP contribution >= 0.6 is 0 Å². The Labute approximate surface area is 256 Å². The van der Waals surface area contributed by atoms with Crippen LogP contribution in [0.3, 0.4) is 0 Å². The summed E-state index contributed by atoms with van der Waals surface area (Å²) in [5.41, 5.74) is 0.958. The van der Waals surface area contributed by atoms with Crippen molar-refractivity contribution >= 4 is 23.3 Å². The van der Waals surface area contributed by atoms with Gasteiger partial charge in [0.15, 0.2) is 11.4 Å². The molecule has 1 aliphatic heterocycles. The van der Waals surface area contributed by atoms with Crippen molar-refractivity contribution in [3.63, 3.8) is 0 Å². The van der Waals surface area contributed by atoms with Crippen LogP contribution in [0.15, 0.2) is 60.2 Å². The second kappa shape index (κ2) is 11.3. The number of esters is 2. The Kier molecular flexibility index (Phi) is 7.94. The van der Waals surface area contributed by atoms with Crippen molar-refractivity contribution < 1.29 is 44.7 Å². The van der Waals surface area contributed by atoms with Gasteiger partial charge in [-0.05, 0) is 80.5 Å². The van der Waals surface area contributed by atoms with Crippen molar-refractivity contribution in [1.29, 1.82) is 0 Å². The maximum Gasteiger partial charge on any atom is 0.338 e. The minimum Gasteiger partial charge on any atom is -0.595 e. The smallest absolute Gasteiger partial charge is 0.338 e. The number of hydrogen-bond donors (Lipinski definition) is 4. The van der Waals surface area contributed by atoms with Crippen molar-refractivity contribution in [2.75, 3.05) is 6.61 Å². The predicted molar refractivity (Wildman–Crippen MR) is 156 cm³/mol. The Bertz CT molecular complexity index is 1440. The number of rotatable bonds is 6. The van der Waals surface area contributed by atoms with Crippen LogP contribution in [0.2, 0.25) is 0 Å². The highest BCUT2D eigenvalue weighted by atomic mass is 16.8. The Morgan fingerprint density at radius 1 is 0.886 bits per heavy atom. The highest BCUT2D eigenvalue weighted by molar-refractivity contribution is 5.90. The topological polar surface area (TPSA) is 157 Å². The molecule has 6 rings (SSSR count). The van der Waals surface area contributed by atoms with Gasteiger partial charge in [-0.25, -0.2) is 20.0 Å². The Morgan fingerprint density at radius 2 is 1.48 bits per heavy atom. The number of carbonyl (C=O) groups excluding carboxylic acids is 2. The van der Waals surface area contributed by atoms with E-state index in [0.717, 1.165) is 32.1 Å². The minimum absolute atomic E-state index is 0.0405. The van der Waals surface area contributed by atoms with Crippen LogP contribution in [-0.2, 0) is 14.2 Å². The molecule has 11 heteroatoms. The second-order valence-electron chi connectivity index (χ2n) is 13.5. The molecule has 1 saturated heterocycles. The summed E-state index contributed by atoms with van der Waals surface area (Å²) in [7, 11) is 0. The molecule has 0 bridgehead atoms. The van der Waals surface area contributed by atoms with Gasteiger partial charge in [-0.2, -0.15) is 10.5 Å².